The Hall–Kier alpha value is -4.27. The number of imidazole rings is 1. The molecule has 0 fully saturated rings. The number of pyridine rings is 1. The molecule has 0 spiro atoms. The van der Waals surface area contributed by atoms with E-state index in [4.69, 9.17) is 4.74 Å². The Morgan fingerprint density at radius 1 is 1.12 bits per heavy atom. The van der Waals surface area contributed by atoms with Gasteiger partial charge in [0.1, 0.15) is 24.3 Å². The second-order valence-electron chi connectivity index (χ2n) is 7.80. The Labute approximate surface area is 190 Å². The van der Waals surface area contributed by atoms with Gasteiger partial charge in [0.2, 0.25) is 5.91 Å². The number of hydrogen-bond donors (Lipinski definition) is 1. The highest BCUT2D eigenvalue weighted by molar-refractivity contribution is 5.91. The highest BCUT2D eigenvalue weighted by atomic mass is 16.5. The number of carbonyl (C=O) groups excluding carboxylic acids is 1. The quantitative estimate of drug-likeness (QED) is 0.415. The van der Waals surface area contributed by atoms with Gasteiger partial charge in [-0.1, -0.05) is 12.1 Å². The first kappa shape index (κ1) is 20.6. The van der Waals surface area contributed by atoms with Crippen LogP contribution in [-0.4, -0.2) is 34.9 Å². The third-order valence-electron chi connectivity index (χ3n) is 5.51. The molecule has 5 rings (SSSR count). The molecule has 9 nitrogen and oxygen atoms in total. The van der Waals surface area contributed by atoms with Gasteiger partial charge in [0, 0.05) is 42.0 Å². The summed E-state index contributed by atoms with van der Waals surface area (Å²) in [6, 6.07) is 13.2. The number of rotatable bonds is 7. The Balaban J connectivity index is 1.20. The van der Waals surface area contributed by atoms with Gasteiger partial charge in [0.15, 0.2) is 0 Å². The van der Waals surface area contributed by atoms with Gasteiger partial charge in [-0.3, -0.25) is 4.79 Å². The van der Waals surface area contributed by atoms with Crippen LogP contribution in [0.1, 0.15) is 29.1 Å². The molecule has 0 bridgehead atoms. The van der Waals surface area contributed by atoms with E-state index in [0.717, 1.165) is 28.3 Å². The standard InChI is InChI=1S/C24H23N7O2/c1-16-21(17(2)31-24(27-16)25-15-26-31)9-10-23(32)29-18-6-5-7-20(12-18)33-14-19-13-30-11-4-3-8-22(30)28-19/h3-8,11-13,15H,9-10,14H2,1-2H3,(H,29,32). The van der Waals surface area contributed by atoms with Crippen LogP contribution in [0.15, 0.2) is 61.2 Å². The van der Waals surface area contributed by atoms with E-state index in [9.17, 15) is 4.79 Å². The zero-order valence-corrected chi connectivity index (χ0v) is 18.4. The molecule has 0 aliphatic carbocycles. The van der Waals surface area contributed by atoms with Crippen LogP contribution in [0.3, 0.4) is 0 Å². The molecular formula is C24H23N7O2. The summed E-state index contributed by atoms with van der Waals surface area (Å²) >= 11 is 0. The van der Waals surface area contributed by atoms with E-state index < -0.39 is 0 Å². The molecule has 0 aliphatic rings. The summed E-state index contributed by atoms with van der Waals surface area (Å²) in [4.78, 5) is 25.7. The molecule has 0 saturated heterocycles. The monoisotopic (exact) mass is 441 g/mol. The zero-order valence-electron chi connectivity index (χ0n) is 18.4. The van der Waals surface area contributed by atoms with Gasteiger partial charge in [-0.05, 0) is 50.1 Å². The van der Waals surface area contributed by atoms with Gasteiger partial charge < -0.3 is 14.5 Å². The normalized spacial score (nSPS) is 11.2. The first-order chi connectivity index (χ1) is 16.1. The summed E-state index contributed by atoms with van der Waals surface area (Å²) in [6.45, 7) is 4.24. The number of fused-ring (bicyclic) bond motifs is 2. The summed E-state index contributed by atoms with van der Waals surface area (Å²) in [5.74, 6) is 1.15. The Bertz CT molecular complexity index is 1420. The largest absolute Gasteiger partial charge is 0.487 e. The molecule has 9 heteroatoms. The third kappa shape index (κ3) is 4.38. The lowest BCUT2D eigenvalue weighted by molar-refractivity contribution is -0.116. The van der Waals surface area contributed by atoms with E-state index in [0.29, 0.717) is 36.7 Å². The average Bonchev–Trinajstić information content (AvgIpc) is 3.44. The van der Waals surface area contributed by atoms with Gasteiger partial charge in [-0.15, -0.1) is 0 Å². The minimum atomic E-state index is -0.0787. The molecule has 5 aromatic rings. The summed E-state index contributed by atoms with van der Waals surface area (Å²) in [5, 5.41) is 7.15. The first-order valence-electron chi connectivity index (χ1n) is 10.7. The van der Waals surface area contributed by atoms with Crippen LogP contribution in [0.2, 0.25) is 0 Å². The topological polar surface area (TPSA) is 98.7 Å². The van der Waals surface area contributed by atoms with Crippen LogP contribution in [0.4, 0.5) is 5.69 Å². The molecule has 4 aromatic heterocycles. The van der Waals surface area contributed by atoms with Crippen molar-refractivity contribution in [3.8, 4) is 5.75 Å². The van der Waals surface area contributed by atoms with Crippen molar-refractivity contribution in [3.63, 3.8) is 0 Å². The van der Waals surface area contributed by atoms with Crippen LogP contribution >= 0.6 is 0 Å². The Morgan fingerprint density at radius 3 is 2.91 bits per heavy atom. The lowest BCUT2D eigenvalue weighted by Gasteiger charge is -2.11. The number of ether oxygens (including phenoxy) is 1. The van der Waals surface area contributed by atoms with Crippen LogP contribution < -0.4 is 10.1 Å². The van der Waals surface area contributed by atoms with Crippen LogP contribution in [0, 0.1) is 13.8 Å². The van der Waals surface area contributed by atoms with Crippen molar-refractivity contribution in [2.75, 3.05) is 5.32 Å². The number of benzene rings is 1. The Morgan fingerprint density at radius 2 is 2.03 bits per heavy atom. The number of nitrogens with zero attached hydrogens (tertiary/aromatic N) is 6. The fourth-order valence-corrected chi connectivity index (χ4v) is 3.86. The van der Waals surface area contributed by atoms with Gasteiger partial charge >= 0.3 is 0 Å². The molecule has 1 amide bonds. The van der Waals surface area contributed by atoms with E-state index >= 15 is 0 Å². The van der Waals surface area contributed by atoms with Gasteiger partial charge in [0.25, 0.3) is 5.78 Å². The van der Waals surface area contributed by atoms with Crippen molar-refractivity contribution in [3.05, 3.63) is 83.8 Å². The van der Waals surface area contributed by atoms with Crippen molar-refractivity contribution in [1.82, 2.24) is 29.0 Å². The van der Waals surface area contributed by atoms with E-state index in [-0.39, 0.29) is 5.91 Å². The van der Waals surface area contributed by atoms with Crippen molar-refractivity contribution in [1.29, 1.82) is 0 Å². The van der Waals surface area contributed by atoms with Crippen molar-refractivity contribution >= 4 is 23.0 Å². The molecule has 4 heterocycles. The van der Waals surface area contributed by atoms with E-state index in [1.807, 2.05) is 73.1 Å². The fraction of sp³-hybridized carbons (Fsp3) is 0.208. The predicted octanol–water partition coefficient (Wildman–Crippen LogP) is 3.54. The van der Waals surface area contributed by atoms with E-state index in [1.165, 1.54) is 6.33 Å². The lowest BCUT2D eigenvalue weighted by atomic mass is 10.1. The number of aromatic nitrogens is 6. The smallest absolute Gasteiger partial charge is 0.252 e. The second kappa shape index (κ2) is 8.70. The van der Waals surface area contributed by atoms with Crippen LogP contribution in [-0.2, 0) is 17.8 Å². The van der Waals surface area contributed by atoms with Crippen molar-refractivity contribution in [2.24, 2.45) is 0 Å². The molecule has 0 unspecified atom stereocenters. The number of anilines is 1. The van der Waals surface area contributed by atoms with Crippen LogP contribution in [0.5, 0.6) is 5.75 Å². The maximum Gasteiger partial charge on any atom is 0.252 e. The van der Waals surface area contributed by atoms with Gasteiger partial charge in [0.05, 0.1) is 5.69 Å². The molecule has 33 heavy (non-hydrogen) atoms. The first-order valence-corrected chi connectivity index (χ1v) is 10.7. The third-order valence-corrected chi connectivity index (χ3v) is 5.51. The SMILES string of the molecule is Cc1nc2ncnn2c(C)c1CCC(=O)Nc1cccc(OCc2cn3ccccc3n2)c1. The molecule has 1 N–H and O–H groups in total. The number of nitrogens with one attached hydrogen (secondary N) is 1. The number of hydrogen-bond acceptors (Lipinski definition) is 6. The predicted molar refractivity (Wildman–Crippen MR) is 123 cm³/mol. The van der Waals surface area contributed by atoms with E-state index in [1.54, 1.807) is 4.52 Å². The number of carbonyl (C=O) groups is 1. The molecular weight excluding hydrogens is 418 g/mol. The van der Waals surface area contributed by atoms with Crippen molar-refractivity contribution in [2.45, 2.75) is 33.3 Å². The fourth-order valence-electron chi connectivity index (χ4n) is 3.86. The molecule has 166 valence electrons. The minimum Gasteiger partial charge on any atom is -0.487 e. The molecule has 0 atom stereocenters. The summed E-state index contributed by atoms with van der Waals surface area (Å²) < 4.78 is 9.54. The maximum atomic E-state index is 12.6. The summed E-state index contributed by atoms with van der Waals surface area (Å²) in [6.07, 6.45) is 6.27. The molecule has 1 aromatic carbocycles. The number of amides is 1. The maximum absolute atomic E-state index is 12.6. The highest BCUT2D eigenvalue weighted by Gasteiger charge is 2.13. The summed E-state index contributed by atoms with van der Waals surface area (Å²) in [5.41, 5.74) is 5.21. The molecule has 0 aliphatic heterocycles. The highest BCUT2D eigenvalue weighted by Crippen LogP contribution is 2.20. The zero-order chi connectivity index (χ0) is 22.8. The van der Waals surface area contributed by atoms with Gasteiger partial charge in [-0.2, -0.15) is 10.1 Å². The number of aryl methyl sites for hydroxylation is 2. The average molecular weight is 441 g/mol. The summed E-state index contributed by atoms with van der Waals surface area (Å²) in [7, 11) is 0. The van der Waals surface area contributed by atoms with Crippen LogP contribution in [0.25, 0.3) is 11.4 Å². The van der Waals surface area contributed by atoms with E-state index in [2.05, 4.69) is 25.4 Å². The lowest BCUT2D eigenvalue weighted by Crippen LogP contribution is -2.14. The molecule has 0 radical (unpaired) electrons. The van der Waals surface area contributed by atoms with Crippen molar-refractivity contribution < 1.29 is 9.53 Å². The minimum absolute atomic E-state index is 0.0787. The Kier molecular flexibility index (Phi) is 5.43. The molecule has 0 saturated carbocycles. The van der Waals surface area contributed by atoms with Gasteiger partial charge in [-0.25, -0.2) is 14.5 Å². The second-order valence-corrected chi connectivity index (χ2v) is 7.80.